The van der Waals surface area contributed by atoms with E-state index in [0.717, 1.165) is 6.07 Å². The van der Waals surface area contributed by atoms with Gasteiger partial charge in [-0.3, -0.25) is 9.20 Å². The summed E-state index contributed by atoms with van der Waals surface area (Å²) in [7, 11) is 0. The molecular formula is C23H22FN5O2. The van der Waals surface area contributed by atoms with Crippen LogP contribution in [-0.4, -0.2) is 25.4 Å². The normalized spacial score (nSPS) is 14.0. The topological polar surface area (TPSA) is 106 Å². The summed E-state index contributed by atoms with van der Waals surface area (Å²) >= 11 is 0. The lowest BCUT2D eigenvalue weighted by molar-refractivity contribution is -0.124. The van der Waals surface area contributed by atoms with Crippen LogP contribution >= 0.6 is 0 Å². The van der Waals surface area contributed by atoms with E-state index in [1.807, 2.05) is 0 Å². The van der Waals surface area contributed by atoms with Gasteiger partial charge in [-0.1, -0.05) is 18.2 Å². The predicted molar refractivity (Wildman–Crippen MR) is 117 cm³/mol. The zero-order valence-corrected chi connectivity index (χ0v) is 16.8. The monoisotopic (exact) mass is 422 g/mol. The largest absolute Gasteiger partial charge is 0.382 e. The Hall–Kier alpha value is -3.78. The standard InChI is InChI=1S/C23H22FN5O2/c1-12-9-17(28-23(31)21(30)15-5-4-6-16(24)10-15)7-8-18(12)19-20-22(25)26-13(2)11-29(20)14(3)27-19/h4-11,21,30H,1-3H3,(H2,25,26)(H,28,31)/i3D3. The van der Waals surface area contributed by atoms with E-state index in [4.69, 9.17) is 9.85 Å². The van der Waals surface area contributed by atoms with E-state index < -0.39 is 24.7 Å². The van der Waals surface area contributed by atoms with Crippen LogP contribution in [-0.2, 0) is 4.79 Å². The van der Waals surface area contributed by atoms with Crippen molar-refractivity contribution >= 4 is 22.9 Å². The van der Waals surface area contributed by atoms with Crippen molar-refractivity contribution in [1.82, 2.24) is 14.4 Å². The maximum Gasteiger partial charge on any atom is 0.257 e. The minimum Gasteiger partial charge on any atom is -0.382 e. The molecule has 0 spiro atoms. The van der Waals surface area contributed by atoms with Crippen LogP contribution in [0.25, 0.3) is 16.8 Å². The molecule has 1 amide bonds. The van der Waals surface area contributed by atoms with Crippen molar-refractivity contribution in [2.45, 2.75) is 26.8 Å². The van der Waals surface area contributed by atoms with E-state index in [1.165, 1.54) is 22.6 Å². The number of imidazole rings is 1. The highest BCUT2D eigenvalue weighted by molar-refractivity contribution is 5.95. The molecule has 2 aromatic heterocycles. The summed E-state index contributed by atoms with van der Waals surface area (Å²) in [6.07, 6.45) is 0.0189. The van der Waals surface area contributed by atoms with Gasteiger partial charge in [0, 0.05) is 21.6 Å². The number of aliphatic hydroxyl groups excluding tert-OH is 1. The first-order chi connectivity index (χ1) is 16.0. The van der Waals surface area contributed by atoms with Crippen molar-refractivity contribution < 1.29 is 18.4 Å². The zero-order chi connectivity index (χ0) is 24.8. The summed E-state index contributed by atoms with van der Waals surface area (Å²) in [5.41, 5.74) is 9.21. The van der Waals surface area contributed by atoms with Crippen molar-refractivity contribution in [3.05, 3.63) is 77.1 Å². The van der Waals surface area contributed by atoms with Crippen LogP contribution in [0.15, 0.2) is 48.7 Å². The highest BCUT2D eigenvalue weighted by Crippen LogP contribution is 2.32. The predicted octanol–water partition coefficient (Wildman–Crippen LogP) is 3.71. The number of carbonyl (C=O) groups excluding carboxylic acids is 1. The number of nitrogen functional groups attached to an aromatic ring is 1. The number of benzene rings is 2. The number of rotatable bonds is 4. The van der Waals surface area contributed by atoms with E-state index in [2.05, 4.69) is 15.3 Å². The first-order valence-corrected chi connectivity index (χ1v) is 9.47. The second-order valence-corrected chi connectivity index (χ2v) is 7.25. The number of aryl methyl sites for hydroxylation is 3. The van der Waals surface area contributed by atoms with Gasteiger partial charge < -0.3 is 16.2 Å². The number of amides is 1. The molecule has 4 rings (SSSR count). The molecule has 1 atom stereocenters. The molecule has 158 valence electrons. The highest BCUT2D eigenvalue weighted by atomic mass is 19.1. The van der Waals surface area contributed by atoms with Crippen molar-refractivity contribution in [1.29, 1.82) is 0 Å². The Bertz CT molecular complexity index is 1420. The Kier molecular flexibility index (Phi) is 4.27. The average Bonchev–Trinajstić information content (AvgIpc) is 3.13. The van der Waals surface area contributed by atoms with E-state index in [0.29, 0.717) is 33.7 Å². The van der Waals surface area contributed by atoms with E-state index >= 15 is 0 Å². The van der Waals surface area contributed by atoms with Crippen LogP contribution in [0.5, 0.6) is 0 Å². The third kappa shape index (κ3) is 3.85. The van der Waals surface area contributed by atoms with Crippen LogP contribution in [0, 0.1) is 26.5 Å². The molecule has 2 heterocycles. The molecule has 1 unspecified atom stereocenters. The molecule has 0 saturated heterocycles. The maximum absolute atomic E-state index is 13.4. The zero-order valence-electron chi connectivity index (χ0n) is 19.8. The van der Waals surface area contributed by atoms with Crippen molar-refractivity contribution in [3.63, 3.8) is 0 Å². The molecule has 4 N–H and O–H groups in total. The fraction of sp³-hybridized carbons (Fsp3) is 0.174. The fourth-order valence-corrected chi connectivity index (χ4v) is 3.50. The fourth-order valence-electron chi connectivity index (χ4n) is 3.50. The molecule has 2 aromatic carbocycles. The summed E-state index contributed by atoms with van der Waals surface area (Å²) in [6, 6.07) is 10.1. The van der Waals surface area contributed by atoms with Gasteiger partial charge >= 0.3 is 0 Å². The molecule has 0 bridgehead atoms. The first kappa shape index (κ1) is 17.0. The van der Waals surface area contributed by atoms with Crippen LogP contribution < -0.4 is 11.1 Å². The molecule has 4 aromatic rings. The molecule has 31 heavy (non-hydrogen) atoms. The molecule has 0 aliphatic rings. The first-order valence-electron chi connectivity index (χ1n) is 11.0. The lowest BCUT2D eigenvalue weighted by Gasteiger charge is -2.13. The SMILES string of the molecule is [2H]C([2H])([2H])c1nc(-c2ccc(NC(=O)C(O)c3cccc(F)c3)cc2C)c2c(N)nc(C)cn12. The third-order valence-electron chi connectivity index (χ3n) is 4.93. The smallest absolute Gasteiger partial charge is 0.257 e. The Morgan fingerprint density at radius 2 is 2.06 bits per heavy atom. The van der Waals surface area contributed by atoms with Crippen molar-refractivity contribution in [2.75, 3.05) is 11.1 Å². The molecule has 7 nitrogen and oxygen atoms in total. The number of aliphatic hydroxyl groups is 1. The van der Waals surface area contributed by atoms with E-state index in [1.54, 1.807) is 38.2 Å². The summed E-state index contributed by atoms with van der Waals surface area (Å²) in [5, 5.41) is 12.9. The van der Waals surface area contributed by atoms with Gasteiger partial charge in [-0.05, 0) is 56.1 Å². The Balaban J connectivity index is 1.70. The molecule has 8 heteroatoms. The number of nitrogens with two attached hydrogens (primary N) is 1. The van der Waals surface area contributed by atoms with E-state index in [-0.39, 0.29) is 17.2 Å². The summed E-state index contributed by atoms with van der Waals surface area (Å²) in [6.45, 7) is 1.00. The summed E-state index contributed by atoms with van der Waals surface area (Å²) in [4.78, 5) is 21.1. The number of carbonyl (C=O) groups is 1. The van der Waals surface area contributed by atoms with Crippen LogP contribution in [0.3, 0.4) is 0 Å². The van der Waals surface area contributed by atoms with Crippen LogP contribution in [0.2, 0.25) is 0 Å². The van der Waals surface area contributed by atoms with Crippen molar-refractivity contribution in [3.8, 4) is 11.3 Å². The molecule has 0 saturated carbocycles. The highest BCUT2D eigenvalue weighted by Gasteiger charge is 2.20. The number of aromatic nitrogens is 3. The Labute approximate surface area is 182 Å². The van der Waals surface area contributed by atoms with Gasteiger partial charge in [-0.15, -0.1) is 0 Å². The van der Waals surface area contributed by atoms with Gasteiger partial charge in [0.05, 0.1) is 5.69 Å². The third-order valence-corrected chi connectivity index (χ3v) is 4.93. The lowest BCUT2D eigenvalue weighted by atomic mass is 10.0. The van der Waals surface area contributed by atoms with Crippen LogP contribution in [0.4, 0.5) is 15.9 Å². The van der Waals surface area contributed by atoms with Crippen LogP contribution in [0.1, 0.15) is 32.9 Å². The average molecular weight is 422 g/mol. The lowest BCUT2D eigenvalue weighted by Crippen LogP contribution is -2.21. The van der Waals surface area contributed by atoms with Crippen molar-refractivity contribution in [2.24, 2.45) is 0 Å². The molecular weight excluding hydrogens is 397 g/mol. The molecule has 0 aliphatic heterocycles. The molecule has 0 fully saturated rings. The van der Waals surface area contributed by atoms with Gasteiger partial charge in [0.1, 0.15) is 28.7 Å². The Morgan fingerprint density at radius 1 is 1.26 bits per heavy atom. The maximum atomic E-state index is 13.4. The minimum absolute atomic E-state index is 0.130. The number of hydrogen-bond donors (Lipinski definition) is 3. The number of nitrogens with one attached hydrogen (secondary N) is 1. The number of halogens is 1. The second-order valence-electron chi connectivity index (χ2n) is 7.25. The van der Waals surface area contributed by atoms with Gasteiger partial charge in [-0.2, -0.15) is 0 Å². The Morgan fingerprint density at radius 3 is 2.77 bits per heavy atom. The minimum atomic E-state index is -2.48. The molecule has 0 radical (unpaired) electrons. The number of nitrogens with zero attached hydrogens (tertiary/aromatic N) is 3. The van der Waals surface area contributed by atoms with Gasteiger partial charge in [0.15, 0.2) is 6.10 Å². The molecule has 0 aliphatic carbocycles. The van der Waals surface area contributed by atoms with Gasteiger partial charge in [-0.25, -0.2) is 14.4 Å². The second kappa shape index (κ2) is 7.81. The van der Waals surface area contributed by atoms with Gasteiger partial charge in [0.25, 0.3) is 5.91 Å². The van der Waals surface area contributed by atoms with Gasteiger partial charge in [0.2, 0.25) is 0 Å². The number of fused-ring (bicyclic) bond motifs is 1. The number of anilines is 2. The quantitative estimate of drug-likeness (QED) is 0.465. The number of hydrogen-bond acceptors (Lipinski definition) is 5. The summed E-state index contributed by atoms with van der Waals surface area (Å²) in [5.74, 6) is -1.27. The van der Waals surface area contributed by atoms with E-state index in [9.17, 15) is 14.3 Å². The summed E-state index contributed by atoms with van der Waals surface area (Å²) < 4.78 is 38.4.